The van der Waals surface area contributed by atoms with Crippen LogP contribution in [0.1, 0.15) is 35.1 Å². The van der Waals surface area contributed by atoms with Gasteiger partial charge in [-0.25, -0.2) is 0 Å². The van der Waals surface area contributed by atoms with Gasteiger partial charge in [0, 0.05) is 28.0 Å². The van der Waals surface area contributed by atoms with Crippen LogP contribution in [0.3, 0.4) is 0 Å². The molecule has 0 spiro atoms. The summed E-state index contributed by atoms with van der Waals surface area (Å²) in [5, 5.41) is 0. The van der Waals surface area contributed by atoms with Gasteiger partial charge >= 0.3 is 0 Å². The Morgan fingerprint density at radius 1 is 1.36 bits per heavy atom. The van der Waals surface area contributed by atoms with Crippen molar-refractivity contribution in [3.05, 3.63) is 58.3 Å². The summed E-state index contributed by atoms with van der Waals surface area (Å²) in [6.07, 6.45) is 3.75. The summed E-state index contributed by atoms with van der Waals surface area (Å²) in [4.78, 5) is 12.0. The number of benzene rings is 1. The van der Waals surface area contributed by atoms with Crippen LogP contribution in [0.15, 0.2) is 41.4 Å². The predicted molar refractivity (Wildman–Crippen MR) is 95.0 cm³/mol. The zero-order valence-electron chi connectivity index (χ0n) is 13.0. The van der Waals surface area contributed by atoms with E-state index < -0.39 is 0 Å². The normalized spacial score (nSPS) is 10.7. The van der Waals surface area contributed by atoms with Crippen LogP contribution >= 0.6 is 15.9 Å². The Hall–Kier alpha value is -1.81. The van der Waals surface area contributed by atoms with Crippen LogP contribution in [-0.2, 0) is 13.0 Å². The molecule has 2 rings (SSSR count). The molecule has 1 amide bonds. The molecule has 0 bridgehead atoms. The molecule has 0 unspecified atom stereocenters. The molecule has 3 nitrogen and oxygen atoms in total. The van der Waals surface area contributed by atoms with Crippen molar-refractivity contribution in [2.45, 2.75) is 33.2 Å². The predicted octanol–water partition coefficient (Wildman–Crippen LogP) is 4.46. The van der Waals surface area contributed by atoms with E-state index in [9.17, 15) is 4.79 Å². The summed E-state index contributed by atoms with van der Waals surface area (Å²) in [5.41, 5.74) is 10.3. The van der Waals surface area contributed by atoms with E-state index in [1.165, 1.54) is 0 Å². The number of rotatable bonds is 6. The van der Waals surface area contributed by atoms with Gasteiger partial charge < -0.3 is 10.3 Å². The molecule has 116 valence electrons. The molecule has 1 aromatic heterocycles. The van der Waals surface area contributed by atoms with Gasteiger partial charge in [0.2, 0.25) is 0 Å². The Morgan fingerprint density at radius 3 is 2.50 bits per heavy atom. The number of nitrogens with two attached hydrogens (primary N) is 1. The Balaban J connectivity index is 2.77. The van der Waals surface area contributed by atoms with Crippen molar-refractivity contribution < 1.29 is 4.79 Å². The van der Waals surface area contributed by atoms with Gasteiger partial charge in [-0.05, 0) is 31.0 Å². The Morgan fingerprint density at radius 2 is 2.00 bits per heavy atom. The van der Waals surface area contributed by atoms with E-state index in [-0.39, 0.29) is 5.91 Å². The highest BCUT2D eigenvalue weighted by Crippen LogP contribution is 2.34. The van der Waals surface area contributed by atoms with E-state index in [0.29, 0.717) is 12.1 Å². The van der Waals surface area contributed by atoms with Crippen LogP contribution in [0.4, 0.5) is 0 Å². The molecule has 0 radical (unpaired) electrons. The van der Waals surface area contributed by atoms with Crippen LogP contribution in [0.2, 0.25) is 0 Å². The third kappa shape index (κ3) is 3.02. The Bertz CT molecular complexity index is 699. The third-order valence-corrected chi connectivity index (χ3v) is 4.34. The van der Waals surface area contributed by atoms with Gasteiger partial charge in [0.25, 0.3) is 5.91 Å². The number of nitrogens with zero attached hydrogens (tertiary/aromatic N) is 1. The Labute approximate surface area is 140 Å². The molecule has 0 saturated heterocycles. The molecule has 2 N–H and O–H groups in total. The van der Waals surface area contributed by atoms with Gasteiger partial charge in [-0.2, -0.15) is 0 Å². The highest BCUT2D eigenvalue weighted by molar-refractivity contribution is 9.10. The number of amides is 1. The van der Waals surface area contributed by atoms with Crippen LogP contribution < -0.4 is 5.73 Å². The number of primary amides is 1. The molecule has 2 aromatic rings. The first-order valence-corrected chi connectivity index (χ1v) is 8.19. The van der Waals surface area contributed by atoms with Crippen LogP contribution in [0.25, 0.3) is 11.1 Å². The number of carbonyl (C=O) groups is 1. The molecule has 4 heteroatoms. The van der Waals surface area contributed by atoms with E-state index in [1.54, 1.807) is 0 Å². The van der Waals surface area contributed by atoms with Crippen LogP contribution in [-0.4, -0.2) is 10.5 Å². The van der Waals surface area contributed by atoms with Crippen molar-refractivity contribution in [3.8, 4) is 11.1 Å². The number of allylic oxidation sites excluding steroid dienone is 1. The van der Waals surface area contributed by atoms with Gasteiger partial charge in [-0.1, -0.05) is 47.5 Å². The van der Waals surface area contributed by atoms with Gasteiger partial charge in [0.05, 0.1) is 5.56 Å². The summed E-state index contributed by atoms with van der Waals surface area (Å²) in [5.74, 6) is -0.379. The summed E-state index contributed by atoms with van der Waals surface area (Å²) in [7, 11) is 0. The quantitative estimate of drug-likeness (QED) is 0.759. The molecule has 0 fully saturated rings. The number of aromatic nitrogens is 1. The SMILES string of the molecule is C=CCn1c(C)c(C(N)=O)c(-c2ccc(Br)cc2)c1CCC. The second-order valence-corrected chi connectivity index (χ2v) is 6.22. The molecule has 0 aliphatic heterocycles. The second-order valence-electron chi connectivity index (χ2n) is 5.30. The first-order chi connectivity index (χ1) is 10.5. The lowest BCUT2D eigenvalue weighted by molar-refractivity contribution is 0.1000. The van der Waals surface area contributed by atoms with E-state index in [2.05, 4.69) is 34.0 Å². The monoisotopic (exact) mass is 360 g/mol. The fourth-order valence-electron chi connectivity index (χ4n) is 2.90. The standard InChI is InChI=1S/C18H21BrN2O/c1-4-6-15-17(13-7-9-14(19)10-8-13)16(18(20)22)12(3)21(15)11-5-2/h5,7-10H,2,4,6,11H2,1,3H3,(H2,20,22). The topological polar surface area (TPSA) is 48.0 Å². The number of hydrogen-bond donors (Lipinski definition) is 1. The van der Waals surface area contributed by atoms with E-state index in [4.69, 9.17) is 5.73 Å². The summed E-state index contributed by atoms with van der Waals surface area (Å²) >= 11 is 3.45. The molecule has 22 heavy (non-hydrogen) atoms. The van der Waals surface area contributed by atoms with Crippen molar-refractivity contribution in [1.29, 1.82) is 0 Å². The van der Waals surface area contributed by atoms with Crippen molar-refractivity contribution in [1.82, 2.24) is 4.57 Å². The van der Waals surface area contributed by atoms with Gasteiger partial charge in [-0.15, -0.1) is 6.58 Å². The lowest BCUT2D eigenvalue weighted by Gasteiger charge is -2.10. The fraction of sp³-hybridized carbons (Fsp3) is 0.278. The van der Waals surface area contributed by atoms with Crippen molar-refractivity contribution >= 4 is 21.8 Å². The highest BCUT2D eigenvalue weighted by Gasteiger charge is 2.23. The third-order valence-electron chi connectivity index (χ3n) is 3.81. The number of halogens is 1. The molecule has 1 aromatic carbocycles. The molecule has 0 aliphatic rings. The smallest absolute Gasteiger partial charge is 0.251 e. The molecule has 1 heterocycles. The maximum absolute atomic E-state index is 12.0. The maximum Gasteiger partial charge on any atom is 0.251 e. The molecule has 0 atom stereocenters. The molecule has 0 aliphatic carbocycles. The maximum atomic E-state index is 12.0. The number of carbonyl (C=O) groups excluding carboxylic acids is 1. The fourth-order valence-corrected chi connectivity index (χ4v) is 3.16. The zero-order chi connectivity index (χ0) is 16.3. The average Bonchev–Trinajstić information content (AvgIpc) is 2.74. The van der Waals surface area contributed by atoms with Crippen molar-refractivity contribution in [3.63, 3.8) is 0 Å². The molecular weight excluding hydrogens is 340 g/mol. The zero-order valence-corrected chi connectivity index (χ0v) is 14.6. The number of hydrogen-bond acceptors (Lipinski definition) is 1. The minimum atomic E-state index is -0.379. The minimum absolute atomic E-state index is 0.379. The first-order valence-electron chi connectivity index (χ1n) is 7.39. The summed E-state index contributed by atoms with van der Waals surface area (Å²) < 4.78 is 3.16. The van der Waals surface area contributed by atoms with Gasteiger partial charge in [0.15, 0.2) is 0 Å². The molecule has 0 saturated carbocycles. The summed E-state index contributed by atoms with van der Waals surface area (Å²) in [6, 6.07) is 8.00. The lowest BCUT2D eigenvalue weighted by Crippen LogP contribution is -2.13. The van der Waals surface area contributed by atoms with E-state index >= 15 is 0 Å². The minimum Gasteiger partial charge on any atom is -0.366 e. The van der Waals surface area contributed by atoms with Crippen LogP contribution in [0, 0.1) is 6.92 Å². The van der Waals surface area contributed by atoms with E-state index in [1.807, 2.05) is 37.3 Å². The first kappa shape index (κ1) is 16.6. The van der Waals surface area contributed by atoms with Crippen molar-refractivity contribution in [2.24, 2.45) is 5.73 Å². The highest BCUT2D eigenvalue weighted by atomic mass is 79.9. The molecular formula is C18H21BrN2O. The largest absolute Gasteiger partial charge is 0.366 e. The second kappa shape index (κ2) is 6.97. The summed E-state index contributed by atoms with van der Waals surface area (Å²) in [6.45, 7) is 8.59. The van der Waals surface area contributed by atoms with Crippen molar-refractivity contribution in [2.75, 3.05) is 0 Å². The average molecular weight is 361 g/mol. The van der Waals surface area contributed by atoms with E-state index in [0.717, 1.165) is 39.8 Å². The van der Waals surface area contributed by atoms with Gasteiger partial charge in [-0.3, -0.25) is 4.79 Å². The van der Waals surface area contributed by atoms with Gasteiger partial charge in [0.1, 0.15) is 0 Å². The van der Waals surface area contributed by atoms with Crippen LogP contribution in [0.5, 0.6) is 0 Å². The Kier molecular flexibility index (Phi) is 5.24. The lowest BCUT2D eigenvalue weighted by atomic mass is 9.98.